The molecule has 0 atom stereocenters. The van der Waals surface area contributed by atoms with Crippen molar-refractivity contribution in [2.75, 3.05) is 19.0 Å². The molecule has 2 rings (SSSR count). The Morgan fingerprint density at radius 3 is 2.73 bits per heavy atom. The van der Waals surface area contributed by atoms with Gasteiger partial charge in [0, 0.05) is 25.2 Å². The van der Waals surface area contributed by atoms with E-state index in [1.54, 1.807) is 17.5 Å². The summed E-state index contributed by atoms with van der Waals surface area (Å²) in [5.74, 6) is -0.665. The van der Waals surface area contributed by atoms with E-state index in [0.717, 1.165) is 22.9 Å². The summed E-state index contributed by atoms with van der Waals surface area (Å²) in [5, 5.41) is 9.99. The lowest BCUT2D eigenvalue weighted by atomic mass is 10.0. The van der Waals surface area contributed by atoms with E-state index in [0.29, 0.717) is 6.42 Å². The summed E-state index contributed by atoms with van der Waals surface area (Å²) in [6, 6.07) is 0. The van der Waals surface area contributed by atoms with E-state index in [1.165, 1.54) is 0 Å². The molecule has 1 fully saturated rings. The van der Waals surface area contributed by atoms with E-state index >= 15 is 0 Å². The number of aromatic nitrogens is 1. The minimum atomic E-state index is -0.665. The van der Waals surface area contributed by atoms with Crippen LogP contribution in [0, 0.1) is 5.41 Å². The van der Waals surface area contributed by atoms with Crippen LogP contribution in [0.4, 0.5) is 5.13 Å². The fraction of sp³-hybridized carbons (Fsp3) is 0.600. The summed E-state index contributed by atoms with van der Waals surface area (Å²) in [4.78, 5) is 18.2. The first-order valence-corrected chi connectivity index (χ1v) is 5.71. The number of carboxylic acids is 1. The molecule has 0 aliphatic heterocycles. The second kappa shape index (κ2) is 3.48. The van der Waals surface area contributed by atoms with E-state index in [4.69, 9.17) is 5.11 Å². The van der Waals surface area contributed by atoms with Crippen LogP contribution < -0.4 is 4.90 Å². The Balaban J connectivity index is 2.08. The van der Waals surface area contributed by atoms with Gasteiger partial charge in [-0.2, -0.15) is 0 Å². The fourth-order valence-electron chi connectivity index (χ4n) is 1.54. The smallest absolute Gasteiger partial charge is 0.310 e. The zero-order valence-electron chi connectivity index (χ0n) is 8.86. The average Bonchev–Trinajstić information content (AvgIpc) is 2.76. The van der Waals surface area contributed by atoms with Gasteiger partial charge in [0.1, 0.15) is 0 Å². The molecular weight excluding hydrogens is 212 g/mol. The first-order chi connectivity index (χ1) is 7.03. The molecule has 0 bridgehead atoms. The SMILES string of the molecule is CN(C)c1ncc(CC2(C(=O)O)CC2)s1. The van der Waals surface area contributed by atoms with E-state index in [2.05, 4.69) is 4.98 Å². The number of aliphatic carboxylic acids is 1. The standard InChI is InChI=1S/C10H14N2O2S/c1-12(2)9-11-6-7(15-9)5-10(3-4-10)8(13)14/h6H,3-5H2,1-2H3,(H,13,14). The minimum Gasteiger partial charge on any atom is -0.481 e. The van der Waals surface area contributed by atoms with Gasteiger partial charge in [0.25, 0.3) is 0 Å². The zero-order chi connectivity index (χ0) is 11.1. The molecule has 0 radical (unpaired) electrons. The molecule has 1 saturated carbocycles. The lowest BCUT2D eigenvalue weighted by Crippen LogP contribution is -2.16. The van der Waals surface area contributed by atoms with E-state index in [9.17, 15) is 4.79 Å². The minimum absolute atomic E-state index is 0.476. The van der Waals surface area contributed by atoms with Crippen LogP contribution in [0.1, 0.15) is 17.7 Å². The van der Waals surface area contributed by atoms with Crippen molar-refractivity contribution in [3.05, 3.63) is 11.1 Å². The summed E-state index contributed by atoms with van der Waals surface area (Å²) in [5.41, 5.74) is -0.476. The molecule has 5 heteroatoms. The Bertz CT molecular complexity index is 383. The van der Waals surface area contributed by atoms with Crippen LogP contribution >= 0.6 is 11.3 Å². The lowest BCUT2D eigenvalue weighted by Gasteiger charge is -2.07. The maximum absolute atomic E-state index is 11.0. The number of anilines is 1. The first kappa shape index (κ1) is 10.4. The van der Waals surface area contributed by atoms with Gasteiger partial charge in [-0.15, -0.1) is 11.3 Å². The van der Waals surface area contributed by atoms with Gasteiger partial charge in [-0.1, -0.05) is 0 Å². The highest BCUT2D eigenvalue weighted by atomic mass is 32.1. The molecule has 0 amide bonds. The normalized spacial score (nSPS) is 17.5. The van der Waals surface area contributed by atoms with E-state index < -0.39 is 11.4 Å². The van der Waals surface area contributed by atoms with Crippen LogP contribution in [-0.2, 0) is 11.2 Å². The number of thiazole rings is 1. The quantitative estimate of drug-likeness (QED) is 0.847. The number of carboxylic acid groups (broad SMARTS) is 1. The highest BCUT2D eigenvalue weighted by Crippen LogP contribution is 2.49. The molecule has 4 nitrogen and oxygen atoms in total. The predicted octanol–water partition coefficient (Wildman–Crippen LogP) is 1.62. The molecule has 82 valence electrons. The molecular formula is C10H14N2O2S. The number of hydrogen-bond acceptors (Lipinski definition) is 4. The Labute approximate surface area is 92.6 Å². The van der Waals surface area contributed by atoms with E-state index in [1.807, 2.05) is 19.0 Å². The first-order valence-electron chi connectivity index (χ1n) is 4.89. The van der Waals surface area contributed by atoms with Crippen LogP contribution in [-0.4, -0.2) is 30.2 Å². The molecule has 15 heavy (non-hydrogen) atoms. The summed E-state index contributed by atoms with van der Waals surface area (Å²) < 4.78 is 0. The summed E-state index contributed by atoms with van der Waals surface area (Å²) in [6.45, 7) is 0. The third kappa shape index (κ3) is 1.97. The Hall–Kier alpha value is -1.10. The molecule has 1 aliphatic carbocycles. The van der Waals surface area contributed by atoms with Gasteiger partial charge in [-0.3, -0.25) is 4.79 Å². The molecule has 1 aromatic rings. The molecule has 0 saturated heterocycles. The van der Waals surface area contributed by atoms with Crippen LogP contribution in [0.15, 0.2) is 6.20 Å². The topological polar surface area (TPSA) is 53.4 Å². The van der Waals surface area contributed by atoms with Crippen LogP contribution in [0.25, 0.3) is 0 Å². The number of rotatable bonds is 4. The second-order valence-electron chi connectivity index (χ2n) is 4.27. The maximum Gasteiger partial charge on any atom is 0.310 e. The summed E-state index contributed by atoms with van der Waals surface area (Å²) in [6.07, 6.45) is 4.03. The summed E-state index contributed by atoms with van der Waals surface area (Å²) >= 11 is 1.58. The molecule has 1 aliphatic rings. The molecule has 1 aromatic heterocycles. The Morgan fingerprint density at radius 1 is 1.67 bits per heavy atom. The molecule has 1 heterocycles. The lowest BCUT2D eigenvalue weighted by molar-refractivity contribution is -0.143. The molecule has 0 spiro atoms. The van der Waals surface area contributed by atoms with Gasteiger partial charge in [0.2, 0.25) is 0 Å². The number of hydrogen-bond donors (Lipinski definition) is 1. The van der Waals surface area contributed by atoms with Gasteiger partial charge >= 0.3 is 5.97 Å². The van der Waals surface area contributed by atoms with Crippen molar-refractivity contribution in [1.29, 1.82) is 0 Å². The molecule has 0 aromatic carbocycles. The largest absolute Gasteiger partial charge is 0.481 e. The highest BCUT2D eigenvalue weighted by molar-refractivity contribution is 7.15. The van der Waals surface area contributed by atoms with Crippen molar-refractivity contribution in [1.82, 2.24) is 4.98 Å². The monoisotopic (exact) mass is 226 g/mol. The molecule has 1 N–H and O–H groups in total. The number of carbonyl (C=O) groups is 1. The number of nitrogens with zero attached hydrogens (tertiary/aromatic N) is 2. The van der Waals surface area contributed by atoms with Crippen molar-refractivity contribution in [3.63, 3.8) is 0 Å². The Kier molecular flexibility index (Phi) is 2.42. The average molecular weight is 226 g/mol. The van der Waals surface area contributed by atoms with Gasteiger partial charge in [0.15, 0.2) is 5.13 Å². The van der Waals surface area contributed by atoms with Crippen LogP contribution in [0.5, 0.6) is 0 Å². The van der Waals surface area contributed by atoms with Gasteiger partial charge in [-0.05, 0) is 19.3 Å². The third-order valence-electron chi connectivity index (χ3n) is 2.74. The predicted molar refractivity (Wildman–Crippen MR) is 59.4 cm³/mol. The second-order valence-corrected chi connectivity index (χ2v) is 5.36. The third-order valence-corrected chi connectivity index (χ3v) is 3.91. The van der Waals surface area contributed by atoms with Gasteiger partial charge in [-0.25, -0.2) is 4.98 Å². The Morgan fingerprint density at radius 2 is 2.33 bits per heavy atom. The van der Waals surface area contributed by atoms with E-state index in [-0.39, 0.29) is 0 Å². The van der Waals surface area contributed by atoms with Crippen molar-refractivity contribution in [2.24, 2.45) is 5.41 Å². The maximum atomic E-state index is 11.0. The summed E-state index contributed by atoms with van der Waals surface area (Å²) in [7, 11) is 3.87. The van der Waals surface area contributed by atoms with Crippen LogP contribution in [0.3, 0.4) is 0 Å². The van der Waals surface area contributed by atoms with Crippen molar-refractivity contribution < 1.29 is 9.90 Å². The van der Waals surface area contributed by atoms with Gasteiger partial charge < -0.3 is 10.0 Å². The fourth-order valence-corrected chi connectivity index (χ4v) is 2.51. The van der Waals surface area contributed by atoms with Crippen molar-refractivity contribution in [3.8, 4) is 0 Å². The van der Waals surface area contributed by atoms with Crippen molar-refractivity contribution in [2.45, 2.75) is 19.3 Å². The van der Waals surface area contributed by atoms with Gasteiger partial charge in [0.05, 0.1) is 5.41 Å². The van der Waals surface area contributed by atoms with Crippen molar-refractivity contribution >= 4 is 22.4 Å². The van der Waals surface area contributed by atoms with Crippen LogP contribution in [0.2, 0.25) is 0 Å². The highest BCUT2D eigenvalue weighted by Gasteiger charge is 2.50. The molecule has 0 unspecified atom stereocenters. The zero-order valence-corrected chi connectivity index (χ0v) is 9.67.